The van der Waals surface area contributed by atoms with E-state index in [1.165, 1.54) is 27.9 Å². The van der Waals surface area contributed by atoms with Gasteiger partial charge in [0.05, 0.1) is 6.04 Å². The molecule has 3 aromatic carbocycles. The van der Waals surface area contributed by atoms with E-state index in [0.717, 1.165) is 12.2 Å². The summed E-state index contributed by atoms with van der Waals surface area (Å²) < 4.78 is 5.40. The molecule has 0 radical (unpaired) electrons. The third-order valence-corrected chi connectivity index (χ3v) is 6.01. The van der Waals surface area contributed by atoms with Crippen molar-refractivity contribution in [2.24, 2.45) is 5.92 Å². The average Bonchev–Trinajstić information content (AvgIpc) is 3.28. The zero-order valence-corrected chi connectivity index (χ0v) is 16.1. The molecule has 0 unspecified atom stereocenters. The van der Waals surface area contributed by atoms with Gasteiger partial charge in [-0.15, -0.1) is 0 Å². The van der Waals surface area contributed by atoms with Gasteiger partial charge in [0, 0.05) is 11.6 Å². The van der Waals surface area contributed by atoms with Crippen LogP contribution in [0.15, 0.2) is 84.9 Å². The van der Waals surface area contributed by atoms with Gasteiger partial charge in [0.1, 0.15) is 11.8 Å². The van der Waals surface area contributed by atoms with Crippen LogP contribution >= 0.6 is 0 Å². The second kappa shape index (κ2) is 7.48. The molecule has 2 aliphatic rings. The molecule has 1 heterocycles. The first-order chi connectivity index (χ1) is 14.3. The van der Waals surface area contributed by atoms with Crippen LogP contribution in [0, 0.1) is 17.2 Å². The number of nitrogens with one attached hydrogen (secondary N) is 1. The molecule has 3 aromatic rings. The van der Waals surface area contributed by atoms with Crippen LogP contribution in [0.1, 0.15) is 29.5 Å². The van der Waals surface area contributed by atoms with Crippen molar-refractivity contribution in [2.45, 2.75) is 18.4 Å². The van der Waals surface area contributed by atoms with E-state index in [9.17, 15) is 0 Å². The number of hydrogen-bond acceptors (Lipinski definition) is 3. The summed E-state index contributed by atoms with van der Waals surface area (Å²) in [5.74, 6) is 1.66. The average molecular weight is 378 g/mol. The monoisotopic (exact) mass is 378 g/mol. The van der Waals surface area contributed by atoms with Crippen LogP contribution in [0.2, 0.25) is 0 Å². The Morgan fingerprint density at radius 1 is 0.966 bits per heavy atom. The van der Waals surface area contributed by atoms with Gasteiger partial charge in [-0.2, -0.15) is 5.26 Å². The Morgan fingerprint density at radius 2 is 1.79 bits per heavy atom. The molecule has 0 saturated heterocycles. The van der Waals surface area contributed by atoms with Crippen molar-refractivity contribution in [1.82, 2.24) is 0 Å². The molecule has 3 heteroatoms. The summed E-state index contributed by atoms with van der Waals surface area (Å²) in [6.07, 6.45) is 5.76. The first-order valence-corrected chi connectivity index (χ1v) is 10.1. The molecule has 0 bridgehead atoms. The fourth-order valence-electron chi connectivity index (χ4n) is 4.62. The Bertz CT molecular complexity index is 1080. The highest BCUT2D eigenvalue weighted by Crippen LogP contribution is 2.50. The number of fused-ring (bicyclic) bond motifs is 3. The van der Waals surface area contributed by atoms with E-state index < -0.39 is 0 Å². The summed E-state index contributed by atoms with van der Waals surface area (Å²) in [4.78, 5) is 0. The summed E-state index contributed by atoms with van der Waals surface area (Å²) in [5.41, 5.74) is 6.37. The van der Waals surface area contributed by atoms with Crippen molar-refractivity contribution >= 4 is 5.69 Å². The Hall–Kier alpha value is -3.51. The van der Waals surface area contributed by atoms with Gasteiger partial charge in [-0.1, -0.05) is 60.7 Å². The van der Waals surface area contributed by atoms with Gasteiger partial charge in [-0.3, -0.25) is 0 Å². The zero-order chi connectivity index (χ0) is 19.6. The number of rotatable bonds is 4. The van der Waals surface area contributed by atoms with Crippen molar-refractivity contribution in [2.75, 3.05) is 11.9 Å². The van der Waals surface area contributed by atoms with E-state index >= 15 is 0 Å². The molecule has 0 spiro atoms. The summed E-state index contributed by atoms with van der Waals surface area (Å²) in [7, 11) is 0. The minimum absolute atomic E-state index is 0.0762. The Morgan fingerprint density at radius 3 is 2.59 bits per heavy atom. The van der Waals surface area contributed by atoms with Crippen molar-refractivity contribution in [3.63, 3.8) is 0 Å². The summed E-state index contributed by atoms with van der Waals surface area (Å²) >= 11 is 0. The maximum absolute atomic E-state index is 8.68. The van der Waals surface area contributed by atoms with E-state index in [0.29, 0.717) is 11.8 Å². The smallest absolute Gasteiger partial charge is 0.174 e. The Balaban J connectivity index is 1.47. The number of nitriles is 1. The summed E-state index contributed by atoms with van der Waals surface area (Å²) in [6.45, 7) is 0.0762. The molecule has 3 nitrogen and oxygen atoms in total. The molecule has 1 N–H and O–H groups in total. The predicted molar refractivity (Wildman–Crippen MR) is 116 cm³/mol. The number of hydrogen-bond donors (Lipinski definition) is 1. The number of ether oxygens (including phenoxy) is 1. The quantitative estimate of drug-likeness (QED) is 0.559. The number of anilines is 1. The fourth-order valence-corrected chi connectivity index (χ4v) is 4.62. The molecule has 0 amide bonds. The van der Waals surface area contributed by atoms with Gasteiger partial charge in [0.25, 0.3) is 0 Å². The highest BCUT2D eigenvalue weighted by molar-refractivity contribution is 5.71. The van der Waals surface area contributed by atoms with Crippen LogP contribution in [0.25, 0.3) is 11.1 Å². The molecule has 0 saturated carbocycles. The largest absolute Gasteiger partial charge is 0.479 e. The second-order valence-electron chi connectivity index (χ2n) is 7.66. The summed E-state index contributed by atoms with van der Waals surface area (Å²) in [5, 5.41) is 12.5. The van der Waals surface area contributed by atoms with Crippen LogP contribution in [0.5, 0.6) is 5.75 Å². The standard InChI is InChI=1S/C26H22N2O/c27-15-16-29-21-12-9-19(10-13-21)26-23-8-4-7-22(23)24-17-20(11-14-25(24)28-26)18-5-2-1-3-6-18/h1-7,9-14,17,22-23,26,28H,8,16H2/t22-,23+,26-/m0/s1. The lowest BCUT2D eigenvalue weighted by atomic mass is 9.76. The van der Waals surface area contributed by atoms with Gasteiger partial charge < -0.3 is 10.1 Å². The van der Waals surface area contributed by atoms with Crippen LogP contribution in [-0.4, -0.2) is 6.61 Å². The number of benzene rings is 3. The maximum atomic E-state index is 8.68. The maximum Gasteiger partial charge on any atom is 0.174 e. The highest BCUT2D eigenvalue weighted by Gasteiger charge is 2.37. The lowest BCUT2D eigenvalue weighted by Crippen LogP contribution is -2.29. The van der Waals surface area contributed by atoms with Gasteiger partial charge >= 0.3 is 0 Å². The lowest BCUT2D eigenvalue weighted by Gasteiger charge is -2.38. The molecular formula is C26H22N2O. The Labute approximate surface area is 171 Å². The number of allylic oxidation sites excluding steroid dienone is 2. The van der Waals surface area contributed by atoms with Crippen LogP contribution in [-0.2, 0) is 0 Å². The Kier molecular flexibility index (Phi) is 4.54. The van der Waals surface area contributed by atoms with Gasteiger partial charge in [0.15, 0.2) is 6.61 Å². The van der Waals surface area contributed by atoms with Gasteiger partial charge in [-0.05, 0) is 58.9 Å². The van der Waals surface area contributed by atoms with Crippen LogP contribution < -0.4 is 10.1 Å². The second-order valence-corrected chi connectivity index (χ2v) is 7.66. The molecule has 3 atom stereocenters. The van der Waals surface area contributed by atoms with Crippen molar-refractivity contribution in [3.8, 4) is 22.9 Å². The molecule has 0 fully saturated rings. The van der Waals surface area contributed by atoms with Crippen molar-refractivity contribution in [1.29, 1.82) is 5.26 Å². The SMILES string of the molecule is N#CCOc1ccc([C@@H]2Nc3ccc(-c4ccccc4)cc3[C@H]3C=CC[C@H]32)cc1. The van der Waals surface area contributed by atoms with Gasteiger partial charge in [0.2, 0.25) is 0 Å². The van der Waals surface area contributed by atoms with E-state index in [1.54, 1.807) is 0 Å². The van der Waals surface area contributed by atoms with Crippen molar-refractivity contribution in [3.05, 3.63) is 96.1 Å². The van der Waals surface area contributed by atoms with E-state index in [-0.39, 0.29) is 12.6 Å². The van der Waals surface area contributed by atoms with E-state index in [4.69, 9.17) is 10.00 Å². The topological polar surface area (TPSA) is 45.0 Å². The predicted octanol–water partition coefficient (Wildman–Crippen LogP) is 6.08. The van der Waals surface area contributed by atoms with Crippen molar-refractivity contribution < 1.29 is 4.74 Å². The van der Waals surface area contributed by atoms with Crippen LogP contribution in [0.4, 0.5) is 5.69 Å². The third-order valence-electron chi connectivity index (χ3n) is 6.01. The van der Waals surface area contributed by atoms with Gasteiger partial charge in [-0.25, -0.2) is 0 Å². The minimum Gasteiger partial charge on any atom is -0.479 e. The fraction of sp³-hybridized carbons (Fsp3) is 0.192. The minimum atomic E-state index is 0.0762. The molecule has 0 aromatic heterocycles. The molecule has 1 aliphatic heterocycles. The number of nitrogens with zero attached hydrogens (tertiary/aromatic N) is 1. The zero-order valence-electron chi connectivity index (χ0n) is 16.1. The summed E-state index contributed by atoms with van der Waals surface area (Å²) in [6, 6.07) is 27.7. The van der Waals surface area contributed by atoms with Crippen LogP contribution in [0.3, 0.4) is 0 Å². The third kappa shape index (κ3) is 3.28. The molecule has 29 heavy (non-hydrogen) atoms. The first-order valence-electron chi connectivity index (χ1n) is 10.1. The first kappa shape index (κ1) is 17.6. The van der Waals surface area contributed by atoms with E-state index in [2.05, 4.69) is 78.1 Å². The molecule has 5 rings (SSSR count). The molecular weight excluding hydrogens is 356 g/mol. The normalized spacial score (nSPS) is 21.6. The molecule has 142 valence electrons. The highest BCUT2D eigenvalue weighted by atomic mass is 16.5. The lowest BCUT2D eigenvalue weighted by molar-refractivity contribution is 0.367. The van der Waals surface area contributed by atoms with E-state index in [1.807, 2.05) is 18.2 Å². The molecule has 1 aliphatic carbocycles.